The molecular formula is C19H32O6. The number of esters is 2. The summed E-state index contributed by atoms with van der Waals surface area (Å²) < 4.78 is 21.7. The van der Waals surface area contributed by atoms with Gasteiger partial charge in [-0.15, -0.1) is 0 Å². The highest BCUT2D eigenvalue weighted by Gasteiger charge is 2.31. The smallest absolute Gasteiger partial charge is 0.310 e. The first-order chi connectivity index (χ1) is 12.0. The molecule has 0 aliphatic heterocycles. The van der Waals surface area contributed by atoms with Crippen LogP contribution in [0.3, 0.4) is 0 Å². The number of carbonyl (C=O) groups excluding carboxylic acids is 2. The number of rotatable bonds is 7. The Morgan fingerprint density at radius 3 is 2.00 bits per heavy atom. The van der Waals surface area contributed by atoms with E-state index in [9.17, 15) is 9.59 Å². The topological polar surface area (TPSA) is 71.1 Å². The van der Waals surface area contributed by atoms with Crippen molar-refractivity contribution >= 4 is 11.9 Å². The zero-order valence-corrected chi connectivity index (χ0v) is 15.7. The molecule has 0 aromatic carbocycles. The van der Waals surface area contributed by atoms with Crippen LogP contribution in [0.5, 0.6) is 0 Å². The van der Waals surface area contributed by atoms with Gasteiger partial charge in [-0.05, 0) is 51.4 Å². The maximum atomic E-state index is 12.3. The Kier molecular flexibility index (Phi) is 8.16. The summed E-state index contributed by atoms with van der Waals surface area (Å²) in [5.41, 5.74) is 0. The second-order valence-electron chi connectivity index (χ2n) is 7.45. The molecule has 0 atom stereocenters. The summed E-state index contributed by atoms with van der Waals surface area (Å²) in [4.78, 5) is 23.7. The maximum absolute atomic E-state index is 12.3. The molecule has 0 aromatic heterocycles. The number of hydrogen-bond acceptors (Lipinski definition) is 6. The highest BCUT2D eigenvalue weighted by molar-refractivity contribution is 5.72. The molecule has 6 heteroatoms. The minimum atomic E-state index is -0.250. The molecule has 0 spiro atoms. The molecule has 2 aliphatic carbocycles. The fraction of sp³-hybridized carbons (Fsp3) is 0.895. The van der Waals surface area contributed by atoms with E-state index in [2.05, 4.69) is 0 Å². The van der Waals surface area contributed by atoms with Crippen LogP contribution in [0.4, 0.5) is 0 Å². The van der Waals surface area contributed by atoms with Crippen molar-refractivity contribution in [3.05, 3.63) is 0 Å². The van der Waals surface area contributed by atoms with Crippen molar-refractivity contribution in [3.63, 3.8) is 0 Å². The molecule has 0 unspecified atom stereocenters. The SMILES string of the molecule is COC1CCC(OC(=O)C2CCC(OCOC(=O)C(C)C)CC2)CC1. The number of ether oxygens (including phenoxy) is 4. The van der Waals surface area contributed by atoms with Crippen molar-refractivity contribution < 1.29 is 28.5 Å². The normalized spacial score (nSPS) is 30.1. The molecule has 0 N–H and O–H groups in total. The van der Waals surface area contributed by atoms with Gasteiger partial charge in [-0.3, -0.25) is 9.59 Å². The van der Waals surface area contributed by atoms with Gasteiger partial charge < -0.3 is 18.9 Å². The van der Waals surface area contributed by atoms with Crippen LogP contribution in [-0.2, 0) is 28.5 Å². The van der Waals surface area contributed by atoms with Crippen LogP contribution in [0.25, 0.3) is 0 Å². The molecule has 0 amide bonds. The molecule has 2 aliphatic rings. The first-order valence-corrected chi connectivity index (χ1v) is 9.51. The molecule has 2 rings (SSSR count). The highest BCUT2D eigenvalue weighted by atomic mass is 16.7. The third-order valence-electron chi connectivity index (χ3n) is 5.22. The van der Waals surface area contributed by atoms with Gasteiger partial charge in [0.05, 0.1) is 24.0 Å². The lowest BCUT2D eigenvalue weighted by Gasteiger charge is -2.31. The molecule has 0 radical (unpaired) electrons. The first kappa shape index (κ1) is 20.2. The Morgan fingerprint density at radius 2 is 1.44 bits per heavy atom. The van der Waals surface area contributed by atoms with E-state index in [0.717, 1.165) is 51.4 Å². The summed E-state index contributed by atoms with van der Waals surface area (Å²) >= 11 is 0. The summed E-state index contributed by atoms with van der Waals surface area (Å²) in [7, 11) is 1.74. The Labute approximate surface area is 150 Å². The van der Waals surface area contributed by atoms with Gasteiger partial charge >= 0.3 is 11.9 Å². The molecular weight excluding hydrogens is 324 g/mol. The van der Waals surface area contributed by atoms with Gasteiger partial charge in [0.1, 0.15) is 6.10 Å². The van der Waals surface area contributed by atoms with Crippen LogP contribution in [-0.4, -0.2) is 44.2 Å². The quantitative estimate of drug-likeness (QED) is 0.515. The lowest BCUT2D eigenvalue weighted by molar-refractivity contribution is -0.168. The summed E-state index contributed by atoms with van der Waals surface area (Å²) in [5.74, 6) is -0.489. The predicted molar refractivity (Wildman–Crippen MR) is 91.8 cm³/mol. The Bertz CT molecular complexity index is 420. The van der Waals surface area contributed by atoms with Gasteiger partial charge in [-0.25, -0.2) is 0 Å². The Morgan fingerprint density at radius 1 is 0.880 bits per heavy atom. The zero-order valence-electron chi connectivity index (χ0n) is 15.7. The van der Waals surface area contributed by atoms with Crippen molar-refractivity contribution in [3.8, 4) is 0 Å². The standard InChI is InChI=1S/C19H32O6/c1-13(2)18(20)24-12-23-16-6-4-14(5-7-16)19(21)25-17-10-8-15(22-3)9-11-17/h13-17H,4-12H2,1-3H3. The third kappa shape index (κ3) is 6.59. The zero-order chi connectivity index (χ0) is 18.2. The average molecular weight is 356 g/mol. The van der Waals surface area contributed by atoms with Gasteiger partial charge in [-0.2, -0.15) is 0 Å². The molecule has 0 saturated heterocycles. The molecule has 0 heterocycles. The molecule has 0 aromatic rings. The van der Waals surface area contributed by atoms with Gasteiger partial charge in [-0.1, -0.05) is 13.8 Å². The lowest BCUT2D eigenvalue weighted by Crippen LogP contribution is -2.33. The number of carbonyl (C=O) groups is 2. The molecule has 6 nitrogen and oxygen atoms in total. The molecule has 2 fully saturated rings. The lowest BCUT2D eigenvalue weighted by atomic mass is 9.87. The second kappa shape index (κ2) is 10.1. The van der Waals surface area contributed by atoms with Crippen molar-refractivity contribution in [1.29, 1.82) is 0 Å². The number of methoxy groups -OCH3 is 1. The van der Waals surface area contributed by atoms with Crippen LogP contribution in [0.2, 0.25) is 0 Å². The summed E-state index contributed by atoms with van der Waals surface area (Å²) in [6, 6.07) is 0. The minimum absolute atomic E-state index is 0.000463. The summed E-state index contributed by atoms with van der Waals surface area (Å²) in [6.45, 7) is 3.58. The van der Waals surface area contributed by atoms with Crippen molar-refractivity contribution in [2.45, 2.75) is 83.5 Å². The van der Waals surface area contributed by atoms with E-state index in [0.29, 0.717) is 6.10 Å². The van der Waals surface area contributed by atoms with Crippen LogP contribution in [0, 0.1) is 11.8 Å². The van der Waals surface area contributed by atoms with Crippen LogP contribution in [0.15, 0.2) is 0 Å². The van der Waals surface area contributed by atoms with Crippen LogP contribution < -0.4 is 0 Å². The van der Waals surface area contributed by atoms with Crippen LogP contribution in [0.1, 0.15) is 65.2 Å². The highest BCUT2D eigenvalue weighted by Crippen LogP contribution is 2.29. The molecule has 144 valence electrons. The van der Waals surface area contributed by atoms with E-state index in [1.807, 2.05) is 0 Å². The van der Waals surface area contributed by atoms with Crippen molar-refractivity contribution in [2.24, 2.45) is 11.8 Å². The number of hydrogen-bond donors (Lipinski definition) is 0. The fourth-order valence-corrected chi connectivity index (χ4v) is 3.47. The summed E-state index contributed by atoms with van der Waals surface area (Å²) in [5, 5.41) is 0. The van der Waals surface area contributed by atoms with E-state index in [1.165, 1.54) is 0 Å². The monoisotopic (exact) mass is 356 g/mol. The minimum Gasteiger partial charge on any atom is -0.462 e. The van der Waals surface area contributed by atoms with E-state index < -0.39 is 0 Å². The van der Waals surface area contributed by atoms with E-state index in [-0.39, 0.29) is 42.8 Å². The Balaban J connectivity index is 1.61. The van der Waals surface area contributed by atoms with Gasteiger partial charge in [0, 0.05) is 7.11 Å². The predicted octanol–water partition coefficient (Wildman–Crippen LogP) is 3.22. The summed E-state index contributed by atoms with van der Waals surface area (Å²) in [6.07, 6.45) is 7.27. The van der Waals surface area contributed by atoms with Crippen LogP contribution >= 0.6 is 0 Å². The second-order valence-corrected chi connectivity index (χ2v) is 7.45. The maximum Gasteiger partial charge on any atom is 0.310 e. The fourth-order valence-electron chi connectivity index (χ4n) is 3.47. The van der Waals surface area contributed by atoms with Crippen molar-refractivity contribution in [1.82, 2.24) is 0 Å². The van der Waals surface area contributed by atoms with E-state index in [1.54, 1.807) is 21.0 Å². The largest absolute Gasteiger partial charge is 0.462 e. The van der Waals surface area contributed by atoms with E-state index >= 15 is 0 Å². The average Bonchev–Trinajstić information content (AvgIpc) is 2.62. The molecule has 25 heavy (non-hydrogen) atoms. The van der Waals surface area contributed by atoms with E-state index in [4.69, 9.17) is 18.9 Å². The van der Waals surface area contributed by atoms with Gasteiger partial charge in [0.25, 0.3) is 0 Å². The molecule has 2 saturated carbocycles. The molecule has 0 bridgehead atoms. The third-order valence-corrected chi connectivity index (χ3v) is 5.22. The first-order valence-electron chi connectivity index (χ1n) is 9.51. The van der Waals surface area contributed by atoms with Gasteiger partial charge in [0.15, 0.2) is 6.79 Å². The Hall–Kier alpha value is -1.14. The van der Waals surface area contributed by atoms with Crippen molar-refractivity contribution in [2.75, 3.05) is 13.9 Å². The van der Waals surface area contributed by atoms with Gasteiger partial charge in [0.2, 0.25) is 0 Å².